The zero-order chi connectivity index (χ0) is 21.4. The van der Waals surface area contributed by atoms with Crippen LogP contribution in [0.1, 0.15) is 30.4 Å². The van der Waals surface area contributed by atoms with Gasteiger partial charge in [0.15, 0.2) is 0 Å². The summed E-state index contributed by atoms with van der Waals surface area (Å²) in [5.74, 6) is 2.26. The van der Waals surface area contributed by atoms with Gasteiger partial charge in [0.05, 0.1) is 17.6 Å². The molecule has 31 heavy (non-hydrogen) atoms. The summed E-state index contributed by atoms with van der Waals surface area (Å²) in [7, 11) is 0. The summed E-state index contributed by atoms with van der Waals surface area (Å²) in [6, 6.07) is 10.0. The summed E-state index contributed by atoms with van der Waals surface area (Å²) < 4.78 is 19.9. The number of halogens is 1. The Labute approximate surface area is 183 Å². The van der Waals surface area contributed by atoms with E-state index >= 15 is 0 Å². The lowest BCUT2D eigenvalue weighted by Crippen LogP contribution is -2.40. The van der Waals surface area contributed by atoms with E-state index < -0.39 is 0 Å². The third kappa shape index (κ3) is 4.19. The molecule has 3 heterocycles. The van der Waals surface area contributed by atoms with Crippen LogP contribution in [0.2, 0.25) is 0 Å². The Morgan fingerprint density at radius 2 is 2.10 bits per heavy atom. The first-order valence-corrected chi connectivity index (χ1v) is 11.4. The van der Waals surface area contributed by atoms with E-state index in [-0.39, 0.29) is 5.82 Å². The first kappa shape index (κ1) is 20.5. The van der Waals surface area contributed by atoms with Gasteiger partial charge in [-0.1, -0.05) is 0 Å². The van der Waals surface area contributed by atoms with Crippen molar-refractivity contribution in [2.24, 2.45) is 5.92 Å². The Hall–Kier alpha value is -2.44. The SMILES string of the molecule is Cc1cc(OCCCN2C[C@@H]3CCCN[C@@H]3C2)ccc1-c1nc2c(C)c(F)ccc2[nH]1. The number of likely N-dealkylation sites (tertiary alicyclic amines) is 1. The van der Waals surface area contributed by atoms with Crippen LogP contribution in [-0.4, -0.2) is 53.7 Å². The van der Waals surface area contributed by atoms with Gasteiger partial charge in [-0.3, -0.25) is 0 Å². The van der Waals surface area contributed by atoms with E-state index in [1.54, 1.807) is 13.0 Å². The highest BCUT2D eigenvalue weighted by Gasteiger charge is 2.33. The molecule has 2 atom stereocenters. The molecule has 0 bridgehead atoms. The second kappa shape index (κ2) is 8.60. The van der Waals surface area contributed by atoms with Crippen LogP contribution in [-0.2, 0) is 0 Å². The first-order valence-electron chi connectivity index (χ1n) is 11.4. The van der Waals surface area contributed by atoms with Crippen LogP contribution in [0, 0.1) is 25.6 Å². The number of H-pyrrole nitrogens is 1. The normalized spacial score (nSPS) is 21.5. The van der Waals surface area contributed by atoms with Crippen molar-refractivity contribution < 1.29 is 9.13 Å². The molecule has 5 rings (SSSR count). The van der Waals surface area contributed by atoms with Gasteiger partial charge in [0.2, 0.25) is 0 Å². The predicted molar refractivity (Wildman–Crippen MR) is 122 cm³/mol. The second-order valence-electron chi connectivity index (χ2n) is 9.06. The van der Waals surface area contributed by atoms with Crippen LogP contribution >= 0.6 is 0 Å². The molecular formula is C25H31FN4O. The summed E-state index contributed by atoms with van der Waals surface area (Å²) in [4.78, 5) is 10.5. The number of hydrogen-bond donors (Lipinski definition) is 2. The largest absolute Gasteiger partial charge is 0.494 e. The molecule has 0 unspecified atom stereocenters. The minimum absolute atomic E-state index is 0.227. The number of nitrogens with zero attached hydrogens (tertiary/aromatic N) is 2. The predicted octanol–water partition coefficient (Wildman–Crippen LogP) is 4.44. The second-order valence-corrected chi connectivity index (χ2v) is 9.06. The van der Waals surface area contributed by atoms with Crippen LogP contribution in [0.3, 0.4) is 0 Å². The smallest absolute Gasteiger partial charge is 0.138 e. The topological polar surface area (TPSA) is 53.2 Å². The number of aromatic nitrogens is 2. The molecule has 2 saturated heterocycles. The van der Waals surface area contributed by atoms with Gasteiger partial charge in [0, 0.05) is 36.8 Å². The number of ether oxygens (including phenoxy) is 1. The number of rotatable bonds is 6. The highest BCUT2D eigenvalue weighted by molar-refractivity contribution is 5.83. The lowest BCUT2D eigenvalue weighted by atomic mass is 9.94. The molecule has 2 aliphatic heterocycles. The average molecular weight is 423 g/mol. The van der Waals surface area contributed by atoms with Gasteiger partial charge >= 0.3 is 0 Å². The van der Waals surface area contributed by atoms with E-state index in [1.165, 1.54) is 38.5 Å². The van der Waals surface area contributed by atoms with E-state index in [0.29, 0.717) is 17.1 Å². The minimum Gasteiger partial charge on any atom is -0.494 e. The molecule has 6 heteroatoms. The maximum absolute atomic E-state index is 13.8. The number of fused-ring (bicyclic) bond motifs is 2. The van der Waals surface area contributed by atoms with Crippen LogP contribution in [0.5, 0.6) is 5.75 Å². The Balaban J connectivity index is 1.18. The van der Waals surface area contributed by atoms with Crippen molar-refractivity contribution in [3.05, 3.63) is 47.3 Å². The highest BCUT2D eigenvalue weighted by atomic mass is 19.1. The summed E-state index contributed by atoms with van der Waals surface area (Å²) in [6.07, 6.45) is 3.72. The van der Waals surface area contributed by atoms with E-state index in [4.69, 9.17) is 4.74 Å². The molecule has 2 N–H and O–H groups in total. The van der Waals surface area contributed by atoms with E-state index in [9.17, 15) is 4.39 Å². The molecule has 2 aliphatic rings. The molecule has 2 fully saturated rings. The van der Waals surface area contributed by atoms with E-state index in [1.807, 2.05) is 12.1 Å². The summed E-state index contributed by atoms with van der Waals surface area (Å²) in [5.41, 5.74) is 4.21. The molecule has 3 aromatic rings. The number of benzene rings is 2. The fourth-order valence-electron chi connectivity index (χ4n) is 5.10. The number of aryl methyl sites for hydroxylation is 2. The molecular weight excluding hydrogens is 391 g/mol. The zero-order valence-corrected chi connectivity index (χ0v) is 18.4. The molecule has 0 aliphatic carbocycles. The lowest BCUT2D eigenvalue weighted by molar-refractivity contribution is 0.257. The lowest BCUT2D eigenvalue weighted by Gasteiger charge is -2.24. The van der Waals surface area contributed by atoms with Gasteiger partial charge in [0.1, 0.15) is 17.4 Å². The molecule has 0 spiro atoms. The number of piperidine rings is 1. The van der Waals surface area contributed by atoms with Crippen LogP contribution in [0.4, 0.5) is 4.39 Å². The van der Waals surface area contributed by atoms with Crippen molar-refractivity contribution in [1.29, 1.82) is 0 Å². The van der Waals surface area contributed by atoms with E-state index in [0.717, 1.165) is 53.7 Å². The summed E-state index contributed by atoms with van der Waals surface area (Å²) in [6.45, 7) is 9.23. The fraction of sp³-hybridized carbons (Fsp3) is 0.480. The van der Waals surface area contributed by atoms with Gasteiger partial charge in [-0.15, -0.1) is 0 Å². The molecule has 0 radical (unpaired) electrons. The Kier molecular flexibility index (Phi) is 5.67. The summed E-state index contributed by atoms with van der Waals surface area (Å²) in [5, 5.41) is 3.67. The third-order valence-electron chi connectivity index (χ3n) is 6.86. The Bertz CT molecular complexity index is 1060. The van der Waals surface area contributed by atoms with Crippen LogP contribution in [0.15, 0.2) is 30.3 Å². The monoisotopic (exact) mass is 422 g/mol. The van der Waals surface area contributed by atoms with Crippen molar-refractivity contribution in [1.82, 2.24) is 20.2 Å². The van der Waals surface area contributed by atoms with Gasteiger partial charge in [-0.05, 0) is 81.5 Å². The highest BCUT2D eigenvalue weighted by Crippen LogP contribution is 2.29. The standard InChI is InChI=1S/C25H31FN4O/c1-16-13-19(31-12-4-11-30-14-18-5-3-10-27-23(18)15-30)6-7-20(16)25-28-22-9-8-21(26)17(2)24(22)29-25/h6-9,13,18,23,27H,3-5,10-12,14-15H2,1-2H3,(H,28,29)/t18-,23+/m0/s1. The van der Waals surface area contributed by atoms with Crippen LogP contribution < -0.4 is 10.1 Å². The maximum Gasteiger partial charge on any atom is 0.138 e. The van der Waals surface area contributed by atoms with Gasteiger partial charge in [0.25, 0.3) is 0 Å². The molecule has 164 valence electrons. The van der Waals surface area contributed by atoms with Crippen molar-refractivity contribution in [3.63, 3.8) is 0 Å². The fourth-order valence-corrected chi connectivity index (χ4v) is 5.10. The first-order chi connectivity index (χ1) is 15.1. The van der Waals surface area contributed by atoms with Gasteiger partial charge < -0.3 is 19.9 Å². The Morgan fingerprint density at radius 3 is 2.94 bits per heavy atom. The zero-order valence-electron chi connectivity index (χ0n) is 18.4. The summed E-state index contributed by atoms with van der Waals surface area (Å²) >= 11 is 0. The van der Waals surface area contributed by atoms with Crippen molar-refractivity contribution >= 4 is 11.0 Å². The van der Waals surface area contributed by atoms with Crippen molar-refractivity contribution in [2.75, 3.05) is 32.8 Å². The molecule has 0 amide bonds. The average Bonchev–Trinajstić information content (AvgIpc) is 3.38. The molecule has 2 aromatic carbocycles. The number of nitrogens with one attached hydrogen (secondary N) is 2. The van der Waals surface area contributed by atoms with Crippen LogP contribution in [0.25, 0.3) is 22.4 Å². The third-order valence-corrected chi connectivity index (χ3v) is 6.86. The molecule has 5 nitrogen and oxygen atoms in total. The number of imidazole rings is 1. The molecule has 0 saturated carbocycles. The Morgan fingerprint density at radius 1 is 1.19 bits per heavy atom. The van der Waals surface area contributed by atoms with E-state index in [2.05, 4.69) is 33.2 Å². The van der Waals surface area contributed by atoms with Crippen molar-refractivity contribution in [3.8, 4) is 17.1 Å². The maximum atomic E-state index is 13.8. The van der Waals surface area contributed by atoms with Gasteiger partial charge in [-0.25, -0.2) is 9.37 Å². The number of aromatic amines is 1. The van der Waals surface area contributed by atoms with Crippen molar-refractivity contribution in [2.45, 2.75) is 39.2 Å². The minimum atomic E-state index is -0.227. The van der Waals surface area contributed by atoms with Gasteiger partial charge in [-0.2, -0.15) is 0 Å². The quantitative estimate of drug-likeness (QED) is 0.577. The number of hydrogen-bond acceptors (Lipinski definition) is 4. The molecule has 1 aromatic heterocycles.